The minimum Gasteiger partial charge on any atom is -0.338 e. The summed E-state index contributed by atoms with van der Waals surface area (Å²) in [5.74, 6) is 0.336. The number of nitrogens with zero attached hydrogens (tertiary/aromatic N) is 4. The van der Waals surface area contributed by atoms with E-state index in [1.165, 1.54) is 37.1 Å². The van der Waals surface area contributed by atoms with Gasteiger partial charge < -0.3 is 4.90 Å². The zero-order chi connectivity index (χ0) is 17.3. The number of likely N-dealkylation sites (tertiary alicyclic amines) is 2. The number of carbonyl (C=O) groups excluding carboxylic acids is 1. The van der Waals surface area contributed by atoms with E-state index in [0.717, 1.165) is 31.6 Å². The van der Waals surface area contributed by atoms with E-state index in [1.54, 1.807) is 0 Å². The van der Waals surface area contributed by atoms with E-state index in [0.29, 0.717) is 24.4 Å². The Hall–Kier alpha value is -1.36. The largest absolute Gasteiger partial charge is 0.338 e. The van der Waals surface area contributed by atoms with Crippen molar-refractivity contribution in [1.29, 1.82) is 0 Å². The fraction of sp³-hybridized carbons (Fsp3) is 0.789. The van der Waals surface area contributed by atoms with Gasteiger partial charge in [0.15, 0.2) is 0 Å². The molecule has 2 saturated heterocycles. The fourth-order valence-corrected chi connectivity index (χ4v) is 4.74. The maximum Gasteiger partial charge on any atom is 0.223 e. The normalized spacial score (nSPS) is 24.9. The van der Waals surface area contributed by atoms with Crippen LogP contribution in [-0.2, 0) is 18.3 Å². The molecule has 1 aromatic heterocycles. The van der Waals surface area contributed by atoms with Crippen LogP contribution in [0.25, 0.3) is 0 Å². The smallest absolute Gasteiger partial charge is 0.223 e. The average molecular weight is 332 g/mol. The van der Waals surface area contributed by atoms with Crippen molar-refractivity contribution >= 4 is 5.91 Å². The van der Waals surface area contributed by atoms with Gasteiger partial charge in [0.05, 0.1) is 5.69 Å². The maximum absolute atomic E-state index is 12.9. The minimum absolute atomic E-state index is 0.336. The molecule has 3 rings (SSSR count). The van der Waals surface area contributed by atoms with Gasteiger partial charge >= 0.3 is 0 Å². The lowest BCUT2D eigenvalue weighted by atomic mass is 10.0. The van der Waals surface area contributed by atoms with Crippen LogP contribution in [0.15, 0.2) is 0 Å². The zero-order valence-electron chi connectivity index (χ0n) is 15.7. The number of likely N-dealkylation sites (N-methyl/N-ethyl adjacent to an activating group) is 1. The standard InChI is InChI=1S/C19H32N4O/c1-5-22-12-6-8-17(22)18-9-7-13-23(18)19(24)11-10-16-14(2)20-21(4)15(16)3/h17-18H,5-13H2,1-4H3. The number of aromatic nitrogens is 2. The van der Waals surface area contributed by atoms with Crippen molar-refractivity contribution in [2.75, 3.05) is 19.6 Å². The van der Waals surface area contributed by atoms with Gasteiger partial charge in [-0.15, -0.1) is 0 Å². The summed E-state index contributed by atoms with van der Waals surface area (Å²) in [4.78, 5) is 17.7. The number of amides is 1. The molecule has 2 fully saturated rings. The van der Waals surface area contributed by atoms with Crippen molar-refractivity contribution in [2.24, 2.45) is 7.05 Å². The van der Waals surface area contributed by atoms with Gasteiger partial charge in [-0.1, -0.05) is 6.92 Å². The zero-order valence-corrected chi connectivity index (χ0v) is 15.7. The highest BCUT2D eigenvalue weighted by atomic mass is 16.2. The van der Waals surface area contributed by atoms with Gasteiger partial charge in [-0.25, -0.2) is 0 Å². The molecule has 0 aromatic carbocycles. The molecule has 134 valence electrons. The molecule has 0 spiro atoms. The minimum atomic E-state index is 0.336. The lowest BCUT2D eigenvalue weighted by molar-refractivity contribution is -0.133. The van der Waals surface area contributed by atoms with Crippen LogP contribution in [0.3, 0.4) is 0 Å². The summed E-state index contributed by atoms with van der Waals surface area (Å²) in [5.41, 5.74) is 3.50. The van der Waals surface area contributed by atoms with Crippen LogP contribution in [0.5, 0.6) is 0 Å². The third kappa shape index (κ3) is 3.23. The SMILES string of the molecule is CCN1CCCC1C1CCCN1C(=O)CCc1c(C)nn(C)c1C. The van der Waals surface area contributed by atoms with Gasteiger partial charge in [-0.3, -0.25) is 14.4 Å². The second kappa shape index (κ2) is 7.26. The van der Waals surface area contributed by atoms with E-state index < -0.39 is 0 Å². The first-order valence-electron chi connectivity index (χ1n) is 9.55. The summed E-state index contributed by atoms with van der Waals surface area (Å²) in [6.07, 6.45) is 6.31. The number of aryl methyl sites for hydroxylation is 2. The van der Waals surface area contributed by atoms with E-state index in [-0.39, 0.29) is 0 Å². The topological polar surface area (TPSA) is 41.4 Å². The van der Waals surface area contributed by atoms with Crippen LogP contribution in [0.1, 0.15) is 56.0 Å². The summed E-state index contributed by atoms with van der Waals surface area (Å²) in [5, 5.41) is 4.47. The molecule has 1 amide bonds. The Morgan fingerprint density at radius 2 is 1.88 bits per heavy atom. The van der Waals surface area contributed by atoms with E-state index in [1.807, 2.05) is 18.7 Å². The first-order chi connectivity index (χ1) is 11.5. The van der Waals surface area contributed by atoms with Gasteiger partial charge in [-0.2, -0.15) is 5.10 Å². The Morgan fingerprint density at radius 1 is 1.17 bits per heavy atom. The van der Waals surface area contributed by atoms with E-state index in [9.17, 15) is 4.79 Å². The molecular formula is C19H32N4O. The van der Waals surface area contributed by atoms with Gasteiger partial charge in [-0.05, 0) is 64.6 Å². The molecule has 0 aliphatic carbocycles. The first kappa shape index (κ1) is 17.5. The van der Waals surface area contributed by atoms with Crippen molar-refractivity contribution in [3.05, 3.63) is 17.0 Å². The van der Waals surface area contributed by atoms with Crippen molar-refractivity contribution in [2.45, 2.75) is 71.4 Å². The molecule has 2 unspecified atom stereocenters. The van der Waals surface area contributed by atoms with Crippen molar-refractivity contribution in [1.82, 2.24) is 19.6 Å². The van der Waals surface area contributed by atoms with Gasteiger partial charge in [0.1, 0.15) is 0 Å². The number of hydrogen-bond acceptors (Lipinski definition) is 3. The quantitative estimate of drug-likeness (QED) is 0.832. The highest BCUT2D eigenvalue weighted by molar-refractivity contribution is 5.77. The van der Waals surface area contributed by atoms with Gasteiger partial charge in [0.2, 0.25) is 5.91 Å². The number of rotatable bonds is 5. The van der Waals surface area contributed by atoms with Crippen LogP contribution in [0.4, 0.5) is 0 Å². The summed E-state index contributed by atoms with van der Waals surface area (Å²) >= 11 is 0. The molecule has 0 radical (unpaired) electrons. The van der Waals surface area contributed by atoms with Gasteiger partial charge in [0, 0.05) is 37.8 Å². The fourth-order valence-electron chi connectivity index (χ4n) is 4.74. The van der Waals surface area contributed by atoms with Crippen molar-refractivity contribution in [3.63, 3.8) is 0 Å². The van der Waals surface area contributed by atoms with Crippen molar-refractivity contribution in [3.8, 4) is 0 Å². The summed E-state index contributed by atoms with van der Waals surface area (Å²) in [7, 11) is 1.98. The second-order valence-electron chi connectivity index (χ2n) is 7.41. The monoisotopic (exact) mass is 332 g/mol. The summed E-state index contributed by atoms with van der Waals surface area (Å²) in [6.45, 7) is 9.64. The Bertz CT molecular complexity index is 594. The van der Waals surface area contributed by atoms with E-state index in [2.05, 4.69) is 28.7 Å². The third-order valence-electron chi connectivity index (χ3n) is 6.13. The van der Waals surface area contributed by atoms with Crippen LogP contribution in [0.2, 0.25) is 0 Å². The number of hydrogen-bond donors (Lipinski definition) is 0. The Kier molecular flexibility index (Phi) is 5.28. The molecule has 5 nitrogen and oxygen atoms in total. The van der Waals surface area contributed by atoms with Crippen LogP contribution < -0.4 is 0 Å². The van der Waals surface area contributed by atoms with E-state index in [4.69, 9.17) is 0 Å². The Labute approximate surface area is 146 Å². The molecule has 2 aliphatic rings. The van der Waals surface area contributed by atoms with Crippen LogP contribution in [0, 0.1) is 13.8 Å². The first-order valence-corrected chi connectivity index (χ1v) is 9.55. The summed E-state index contributed by atoms with van der Waals surface area (Å²) in [6, 6.07) is 1.03. The maximum atomic E-state index is 12.9. The molecule has 2 atom stereocenters. The molecule has 5 heteroatoms. The Morgan fingerprint density at radius 3 is 2.54 bits per heavy atom. The predicted molar refractivity (Wildman–Crippen MR) is 96.0 cm³/mol. The third-order valence-corrected chi connectivity index (χ3v) is 6.13. The van der Waals surface area contributed by atoms with Crippen LogP contribution >= 0.6 is 0 Å². The van der Waals surface area contributed by atoms with E-state index >= 15 is 0 Å². The Balaban J connectivity index is 1.63. The lowest BCUT2D eigenvalue weighted by Gasteiger charge is -2.34. The molecule has 0 bridgehead atoms. The molecule has 24 heavy (non-hydrogen) atoms. The molecule has 3 heterocycles. The number of carbonyl (C=O) groups is 1. The molecule has 1 aromatic rings. The van der Waals surface area contributed by atoms with Crippen LogP contribution in [-0.4, -0.2) is 57.2 Å². The molecule has 2 aliphatic heterocycles. The molecular weight excluding hydrogens is 300 g/mol. The van der Waals surface area contributed by atoms with Crippen molar-refractivity contribution < 1.29 is 4.79 Å². The lowest BCUT2D eigenvalue weighted by Crippen LogP contribution is -2.48. The average Bonchev–Trinajstić information content (AvgIpc) is 3.26. The molecule has 0 N–H and O–H groups in total. The molecule has 0 saturated carbocycles. The van der Waals surface area contributed by atoms with Gasteiger partial charge in [0.25, 0.3) is 0 Å². The highest BCUT2D eigenvalue weighted by Gasteiger charge is 2.38. The predicted octanol–water partition coefficient (Wildman–Crippen LogP) is 2.44. The second-order valence-corrected chi connectivity index (χ2v) is 7.41. The summed E-state index contributed by atoms with van der Waals surface area (Å²) < 4.78 is 1.92. The highest BCUT2D eigenvalue weighted by Crippen LogP contribution is 2.30.